The van der Waals surface area contributed by atoms with E-state index in [0.717, 1.165) is 12.0 Å². The van der Waals surface area contributed by atoms with Crippen molar-refractivity contribution in [1.82, 2.24) is 10.6 Å². The fraction of sp³-hybridized carbons (Fsp3) is 0.704. The molecule has 8 nitrogen and oxygen atoms in total. The Kier molecular flexibility index (Phi) is 13.5. The maximum atomic E-state index is 12.2. The molecule has 35 heavy (non-hydrogen) atoms. The van der Waals surface area contributed by atoms with Gasteiger partial charge in [0.2, 0.25) is 0 Å². The first kappa shape index (κ1) is 31.0. The third kappa shape index (κ3) is 13.0. The van der Waals surface area contributed by atoms with Crippen LogP contribution in [0.15, 0.2) is 24.3 Å². The average Bonchev–Trinajstić information content (AvgIpc) is 2.79. The van der Waals surface area contributed by atoms with E-state index in [-0.39, 0.29) is 41.5 Å². The lowest BCUT2D eigenvalue weighted by molar-refractivity contribution is -0.124. The largest absolute Gasteiger partial charge is 0.484 e. The first-order chi connectivity index (χ1) is 16.4. The van der Waals surface area contributed by atoms with E-state index in [4.69, 9.17) is 19.9 Å². The normalized spacial score (nSPS) is 13.1. The fourth-order valence-corrected chi connectivity index (χ4v) is 3.46. The van der Waals surface area contributed by atoms with Gasteiger partial charge in [-0.25, -0.2) is 0 Å². The molecule has 0 radical (unpaired) electrons. The molecule has 0 aliphatic rings. The number of carbonyl (C=O) groups excluding carboxylic acids is 2. The van der Waals surface area contributed by atoms with Gasteiger partial charge in [-0.2, -0.15) is 0 Å². The topological polar surface area (TPSA) is 112 Å². The van der Waals surface area contributed by atoms with E-state index in [1.54, 1.807) is 7.05 Å². The van der Waals surface area contributed by atoms with E-state index in [1.807, 2.05) is 65.8 Å². The maximum absolute atomic E-state index is 12.2. The van der Waals surface area contributed by atoms with Crippen molar-refractivity contribution in [2.45, 2.75) is 78.0 Å². The highest BCUT2D eigenvalue weighted by molar-refractivity contribution is 5.86. The van der Waals surface area contributed by atoms with Crippen LogP contribution in [0.25, 0.3) is 0 Å². The number of carbonyl (C=O) groups is 2. The predicted octanol–water partition coefficient (Wildman–Crippen LogP) is 2.87. The van der Waals surface area contributed by atoms with Gasteiger partial charge >= 0.3 is 0 Å². The molecule has 0 heterocycles. The van der Waals surface area contributed by atoms with Gasteiger partial charge in [0.1, 0.15) is 5.75 Å². The van der Waals surface area contributed by atoms with Gasteiger partial charge in [-0.1, -0.05) is 26.0 Å². The Balaban J connectivity index is 2.34. The zero-order chi connectivity index (χ0) is 26.5. The molecule has 0 aliphatic carbocycles. The van der Waals surface area contributed by atoms with Crippen LogP contribution in [0.3, 0.4) is 0 Å². The monoisotopic (exact) mass is 493 g/mol. The summed E-state index contributed by atoms with van der Waals surface area (Å²) >= 11 is 0. The lowest BCUT2D eigenvalue weighted by atomic mass is 9.96. The van der Waals surface area contributed by atoms with Gasteiger partial charge in [0.25, 0.3) is 5.91 Å². The van der Waals surface area contributed by atoms with Gasteiger partial charge in [-0.15, -0.1) is 0 Å². The van der Waals surface area contributed by atoms with Crippen LogP contribution in [-0.4, -0.2) is 68.9 Å². The summed E-state index contributed by atoms with van der Waals surface area (Å²) < 4.78 is 17.3. The molecule has 200 valence electrons. The summed E-state index contributed by atoms with van der Waals surface area (Å²) in [6, 6.07) is 7.29. The SMILES string of the molecule is CNC(Cc1ccc(OCC(=O)NCCC(C)(C)OCCC(C)(C)OCCN)cc1)C(=O)C(C)C. The summed E-state index contributed by atoms with van der Waals surface area (Å²) in [6.45, 7) is 13.9. The molecule has 4 N–H and O–H groups in total. The molecule has 0 fully saturated rings. The van der Waals surface area contributed by atoms with Crippen LogP contribution in [-0.2, 0) is 25.5 Å². The first-order valence-electron chi connectivity index (χ1n) is 12.6. The van der Waals surface area contributed by atoms with Crippen LogP contribution >= 0.6 is 0 Å². The highest BCUT2D eigenvalue weighted by atomic mass is 16.5. The van der Waals surface area contributed by atoms with Gasteiger partial charge in [-0.05, 0) is 71.7 Å². The molecule has 1 unspecified atom stereocenters. The van der Waals surface area contributed by atoms with Crippen molar-refractivity contribution in [2.75, 3.05) is 40.0 Å². The standard InChI is InChI=1S/C27H47N3O5/c1-20(2)25(32)23(29-7)18-21-8-10-22(11-9-21)33-19-24(31)30-15-12-26(3,4)34-16-13-27(5,6)35-17-14-28/h8-11,20,23,29H,12-19,28H2,1-7H3,(H,30,31). The molecule has 0 bridgehead atoms. The summed E-state index contributed by atoms with van der Waals surface area (Å²) in [5.41, 5.74) is 5.89. The molecule has 0 spiro atoms. The Morgan fingerprint density at radius 2 is 1.57 bits per heavy atom. The van der Waals surface area contributed by atoms with Gasteiger partial charge in [0.15, 0.2) is 12.4 Å². The summed E-state index contributed by atoms with van der Waals surface area (Å²) in [5, 5.41) is 5.97. The number of hydrogen-bond donors (Lipinski definition) is 3. The van der Waals surface area contributed by atoms with Crippen molar-refractivity contribution >= 4 is 11.7 Å². The Morgan fingerprint density at radius 1 is 0.971 bits per heavy atom. The van der Waals surface area contributed by atoms with Gasteiger partial charge in [-0.3, -0.25) is 9.59 Å². The number of rotatable bonds is 18. The molecule has 0 saturated heterocycles. The highest BCUT2D eigenvalue weighted by Crippen LogP contribution is 2.19. The molecule has 8 heteroatoms. The van der Waals surface area contributed by atoms with E-state index in [1.165, 1.54) is 0 Å². The molecule has 1 rings (SSSR count). The lowest BCUT2D eigenvalue weighted by Gasteiger charge is -2.29. The number of amides is 1. The number of Topliss-reactive ketones (excluding diaryl/α,β-unsaturated/α-hetero) is 1. The summed E-state index contributed by atoms with van der Waals surface area (Å²) in [7, 11) is 1.80. The van der Waals surface area contributed by atoms with Crippen molar-refractivity contribution in [3.05, 3.63) is 29.8 Å². The van der Waals surface area contributed by atoms with Crippen molar-refractivity contribution < 1.29 is 23.8 Å². The van der Waals surface area contributed by atoms with Gasteiger partial charge < -0.3 is 30.6 Å². The first-order valence-corrected chi connectivity index (χ1v) is 12.6. The van der Waals surface area contributed by atoms with Crippen LogP contribution in [0.5, 0.6) is 5.75 Å². The number of nitrogens with one attached hydrogen (secondary N) is 2. The van der Waals surface area contributed by atoms with Crippen molar-refractivity contribution in [2.24, 2.45) is 11.7 Å². The van der Waals surface area contributed by atoms with Crippen LogP contribution in [0, 0.1) is 5.92 Å². The predicted molar refractivity (Wildman–Crippen MR) is 140 cm³/mol. The van der Waals surface area contributed by atoms with Crippen LogP contribution < -0.4 is 21.1 Å². The van der Waals surface area contributed by atoms with E-state index < -0.39 is 0 Å². The minimum atomic E-state index is -0.365. The van der Waals surface area contributed by atoms with E-state index in [0.29, 0.717) is 44.9 Å². The van der Waals surface area contributed by atoms with E-state index in [2.05, 4.69) is 10.6 Å². The van der Waals surface area contributed by atoms with Crippen molar-refractivity contribution in [3.63, 3.8) is 0 Å². The number of nitrogens with two attached hydrogens (primary N) is 1. The molecular formula is C27H47N3O5. The highest BCUT2D eigenvalue weighted by Gasteiger charge is 2.23. The van der Waals surface area contributed by atoms with Crippen molar-refractivity contribution in [1.29, 1.82) is 0 Å². The zero-order valence-electron chi connectivity index (χ0n) is 22.7. The molecule has 1 amide bonds. The van der Waals surface area contributed by atoms with E-state index >= 15 is 0 Å². The third-order valence-electron chi connectivity index (χ3n) is 5.85. The Bertz CT molecular complexity index is 763. The van der Waals surface area contributed by atoms with Crippen LogP contribution in [0.2, 0.25) is 0 Å². The molecule has 1 atom stereocenters. The second-order valence-electron chi connectivity index (χ2n) is 10.4. The summed E-state index contributed by atoms with van der Waals surface area (Å²) in [4.78, 5) is 24.4. The zero-order valence-corrected chi connectivity index (χ0v) is 22.7. The van der Waals surface area contributed by atoms with E-state index in [9.17, 15) is 9.59 Å². The minimum Gasteiger partial charge on any atom is -0.484 e. The molecule has 1 aromatic carbocycles. The Labute approximate surface area is 211 Å². The number of likely N-dealkylation sites (N-methyl/N-ethyl adjacent to an activating group) is 1. The van der Waals surface area contributed by atoms with Crippen LogP contribution in [0.1, 0.15) is 59.9 Å². The quantitative estimate of drug-likeness (QED) is 0.288. The number of ketones is 1. The number of benzene rings is 1. The fourth-order valence-electron chi connectivity index (χ4n) is 3.46. The second-order valence-corrected chi connectivity index (χ2v) is 10.4. The second kappa shape index (κ2) is 15.2. The number of ether oxygens (including phenoxy) is 3. The Hall–Kier alpha value is -2.00. The maximum Gasteiger partial charge on any atom is 0.257 e. The van der Waals surface area contributed by atoms with Gasteiger partial charge in [0.05, 0.1) is 30.5 Å². The minimum absolute atomic E-state index is 0.0149. The molecular weight excluding hydrogens is 446 g/mol. The molecule has 0 aromatic heterocycles. The smallest absolute Gasteiger partial charge is 0.257 e. The van der Waals surface area contributed by atoms with Gasteiger partial charge in [0, 0.05) is 19.0 Å². The number of hydrogen-bond acceptors (Lipinski definition) is 7. The lowest BCUT2D eigenvalue weighted by Crippen LogP contribution is -2.38. The van der Waals surface area contributed by atoms with Crippen molar-refractivity contribution in [3.8, 4) is 5.75 Å². The summed E-state index contributed by atoms with van der Waals surface area (Å²) in [6.07, 6.45) is 2.06. The molecule has 0 saturated carbocycles. The Morgan fingerprint density at radius 3 is 2.14 bits per heavy atom. The summed E-state index contributed by atoms with van der Waals surface area (Å²) in [5.74, 6) is 0.611. The molecule has 1 aromatic rings. The molecule has 0 aliphatic heterocycles. The average molecular weight is 494 g/mol. The van der Waals surface area contributed by atoms with Crippen LogP contribution in [0.4, 0.5) is 0 Å². The third-order valence-corrected chi connectivity index (χ3v) is 5.85.